The van der Waals surface area contributed by atoms with Crippen molar-refractivity contribution in [2.45, 2.75) is 25.8 Å². The summed E-state index contributed by atoms with van der Waals surface area (Å²) in [4.78, 5) is 20.4. The minimum Gasteiger partial charge on any atom is -0.480 e. The highest BCUT2D eigenvalue weighted by atomic mass is 16.4. The van der Waals surface area contributed by atoms with E-state index in [1.807, 2.05) is 6.92 Å². The van der Waals surface area contributed by atoms with Crippen LogP contribution >= 0.6 is 0 Å². The average Bonchev–Trinajstić information content (AvgIpc) is 1.98. The Morgan fingerprint density at radius 1 is 1.67 bits per heavy atom. The number of carbonyl (C=O) groups is 1. The molecule has 0 spiro atoms. The van der Waals surface area contributed by atoms with Crippen LogP contribution < -0.4 is 5.73 Å². The summed E-state index contributed by atoms with van der Waals surface area (Å²) < 4.78 is 0. The van der Waals surface area contributed by atoms with E-state index in [1.165, 1.54) is 0 Å². The van der Waals surface area contributed by atoms with Crippen LogP contribution in [-0.2, 0) is 9.59 Å². The van der Waals surface area contributed by atoms with Gasteiger partial charge in [-0.15, -0.1) is 0 Å². The van der Waals surface area contributed by atoms with Crippen molar-refractivity contribution < 1.29 is 20.2 Å². The van der Waals surface area contributed by atoms with Gasteiger partial charge in [0.25, 0.3) is 0 Å². The molecule has 70 valence electrons. The van der Waals surface area contributed by atoms with Crippen LogP contribution in [-0.4, -0.2) is 28.5 Å². The molecule has 5 nitrogen and oxygen atoms in total. The second-order valence-corrected chi connectivity index (χ2v) is 2.19. The maximum atomic E-state index is 10.2. The van der Waals surface area contributed by atoms with Gasteiger partial charge in [0, 0.05) is 5.57 Å². The first kappa shape index (κ1) is 13.4. The largest absolute Gasteiger partial charge is 0.480 e. The minimum absolute atomic E-state index is 0. The van der Waals surface area contributed by atoms with Crippen LogP contribution in [0.3, 0.4) is 0 Å². The molecule has 0 aliphatic rings. The summed E-state index contributed by atoms with van der Waals surface area (Å²) in [6.45, 7) is 1.84. The van der Waals surface area contributed by atoms with E-state index in [2.05, 4.69) is 0 Å². The van der Waals surface area contributed by atoms with Crippen molar-refractivity contribution in [3.63, 3.8) is 0 Å². The lowest BCUT2D eigenvalue weighted by Crippen LogP contribution is -2.32. The summed E-state index contributed by atoms with van der Waals surface area (Å²) in [7, 11) is 0. The van der Waals surface area contributed by atoms with Crippen LogP contribution in [0.1, 0.15) is 19.8 Å². The predicted molar refractivity (Wildman–Crippen MR) is 43.3 cm³/mol. The number of aliphatic carboxylic acids is 1. The monoisotopic (exact) mass is 175 g/mol. The number of carboxylic acids is 1. The smallest absolute Gasteiger partial charge is 0.325 e. The van der Waals surface area contributed by atoms with Crippen LogP contribution in [0.15, 0.2) is 5.57 Å². The van der Waals surface area contributed by atoms with E-state index in [0.29, 0.717) is 12.8 Å². The van der Waals surface area contributed by atoms with Crippen molar-refractivity contribution in [3.05, 3.63) is 5.57 Å². The number of nitrogens with two attached hydrogens (primary N) is 1. The molecule has 0 aromatic heterocycles. The fraction of sp³-hybridized carbons (Fsp3) is 0.571. The highest BCUT2D eigenvalue weighted by Gasteiger charge is 2.16. The number of hydrogen-bond donors (Lipinski definition) is 2. The predicted octanol–water partition coefficient (Wildman–Crippen LogP) is -0.868. The molecule has 0 aromatic carbocycles. The first-order valence-electron chi connectivity index (χ1n) is 3.35. The van der Waals surface area contributed by atoms with Crippen molar-refractivity contribution in [2.24, 2.45) is 5.73 Å². The zero-order chi connectivity index (χ0) is 8.85. The van der Waals surface area contributed by atoms with E-state index in [4.69, 9.17) is 10.8 Å². The van der Waals surface area contributed by atoms with Crippen molar-refractivity contribution in [2.75, 3.05) is 0 Å². The molecule has 0 saturated carbocycles. The molecule has 5 heteroatoms. The summed E-state index contributed by atoms with van der Waals surface area (Å²) in [5.74, 6) is 0.361. The maximum Gasteiger partial charge on any atom is 0.325 e. The summed E-state index contributed by atoms with van der Waals surface area (Å²) in [6.07, 6.45) is 1.10. The normalized spacial score (nSPS) is 10.8. The quantitative estimate of drug-likeness (QED) is 0.541. The number of carbonyl (C=O) groups excluding carboxylic acids is 1. The van der Waals surface area contributed by atoms with Gasteiger partial charge in [-0.2, -0.15) is 0 Å². The van der Waals surface area contributed by atoms with Gasteiger partial charge in [-0.3, -0.25) is 4.79 Å². The van der Waals surface area contributed by atoms with Gasteiger partial charge in [0.1, 0.15) is 12.0 Å². The highest BCUT2D eigenvalue weighted by Crippen LogP contribution is 2.04. The second-order valence-electron chi connectivity index (χ2n) is 2.19. The third kappa shape index (κ3) is 3.88. The van der Waals surface area contributed by atoms with Crippen LogP contribution in [0, 0.1) is 0 Å². The molecule has 1 unspecified atom stereocenters. The summed E-state index contributed by atoms with van der Waals surface area (Å²) in [6, 6.07) is -1.19. The first-order valence-corrected chi connectivity index (χ1v) is 3.35. The molecular formula is C7H13NO4. The van der Waals surface area contributed by atoms with E-state index >= 15 is 0 Å². The average molecular weight is 175 g/mol. The molecule has 0 radical (unpaired) electrons. The zero-order valence-corrected chi connectivity index (χ0v) is 6.83. The Bertz CT molecular complexity index is 196. The topological polar surface area (TPSA) is 112 Å². The molecule has 5 N–H and O–H groups in total. The van der Waals surface area contributed by atoms with Gasteiger partial charge in [0.2, 0.25) is 0 Å². The van der Waals surface area contributed by atoms with Gasteiger partial charge in [-0.25, -0.2) is 4.79 Å². The molecule has 1 atom stereocenters. The van der Waals surface area contributed by atoms with E-state index in [-0.39, 0.29) is 11.0 Å². The van der Waals surface area contributed by atoms with Crippen LogP contribution in [0.2, 0.25) is 0 Å². The van der Waals surface area contributed by atoms with Gasteiger partial charge >= 0.3 is 5.97 Å². The molecule has 0 rings (SSSR count). The summed E-state index contributed by atoms with van der Waals surface area (Å²) >= 11 is 0. The Hall–Kier alpha value is -1.16. The molecule has 0 saturated heterocycles. The van der Waals surface area contributed by atoms with Crippen molar-refractivity contribution in [1.29, 1.82) is 0 Å². The molecule has 0 heterocycles. The Balaban J connectivity index is 0. The number of rotatable bonds is 4. The zero-order valence-electron chi connectivity index (χ0n) is 6.83. The number of hydrogen-bond acceptors (Lipinski definition) is 3. The van der Waals surface area contributed by atoms with Gasteiger partial charge in [0.05, 0.1) is 0 Å². The van der Waals surface area contributed by atoms with Gasteiger partial charge < -0.3 is 16.3 Å². The fourth-order valence-corrected chi connectivity index (χ4v) is 0.688. The lowest BCUT2D eigenvalue weighted by molar-refractivity contribution is -0.137. The van der Waals surface area contributed by atoms with E-state index in [9.17, 15) is 9.59 Å². The molecule has 0 amide bonds. The standard InChI is InChI=1S/C7H11NO3.H2O/c1-2-3-5(4-9)6(8)7(10)11;/h6H,2-3,8H2,1H3,(H,10,11);1H2. The fourth-order valence-electron chi connectivity index (χ4n) is 0.688. The third-order valence-electron chi connectivity index (χ3n) is 1.29. The van der Waals surface area contributed by atoms with E-state index in [0.717, 1.165) is 0 Å². The van der Waals surface area contributed by atoms with E-state index in [1.54, 1.807) is 5.94 Å². The van der Waals surface area contributed by atoms with Gasteiger partial charge in [0.15, 0.2) is 0 Å². The second kappa shape index (κ2) is 6.54. The van der Waals surface area contributed by atoms with Crippen LogP contribution in [0.4, 0.5) is 0 Å². The SMILES string of the molecule is CCCC(=C=O)C(N)C(=O)O.O. The van der Waals surface area contributed by atoms with Crippen molar-refractivity contribution in [3.8, 4) is 0 Å². The lowest BCUT2D eigenvalue weighted by Gasteiger charge is -2.05. The third-order valence-corrected chi connectivity index (χ3v) is 1.29. The van der Waals surface area contributed by atoms with Crippen LogP contribution in [0.5, 0.6) is 0 Å². The molecule has 0 aliphatic heterocycles. The Labute approximate surface area is 70.2 Å². The summed E-state index contributed by atoms with van der Waals surface area (Å²) in [5.41, 5.74) is 5.28. The van der Waals surface area contributed by atoms with Gasteiger partial charge in [-0.1, -0.05) is 13.3 Å². The van der Waals surface area contributed by atoms with Crippen molar-refractivity contribution in [1.82, 2.24) is 0 Å². The van der Waals surface area contributed by atoms with Crippen molar-refractivity contribution >= 4 is 11.9 Å². The summed E-state index contributed by atoms with van der Waals surface area (Å²) in [5, 5.41) is 8.39. The Morgan fingerprint density at radius 3 is 2.42 bits per heavy atom. The van der Waals surface area contributed by atoms with Crippen LogP contribution in [0.25, 0.3) is 0 Å². The molecule has 12 heavy (non-hydrogen) atoms. The molecule has 0 aromatic rings. The molecule has 0 aliphatic carbocycles. The number of carboxylic acid groups (broad SMARTS) is 1. The Kier molecular flexibility index (Phi) is 7.32. The Morgan fingerprint density at radius 2 is 2.17 bits per heavy atom. The molecule has 0 bridgehead atoms. The maximum absolute atomic E-state index is 10.2. The van der Waals surface area contributed by atoms with E-state index < -0.39 is 12.0 Å². The minimum atomic E-state index is -1.19. The molecule has 0 fully saturated rings. The highest BCUT2D eigenvalue weighted by molar-refractivity contribution is 5.80. The van der Waals surface area contributed by atoms with Gasteiger partial charge in [-0.05, 0) is 6.42 Å². The molecular weight excluding hydrogens is 162 g/mol. The first-order chi connectivity index (χ1) is 5.13. The lowest BCUT2D eigenvalue weighted by atomic mass is 10.1.